The molecule has 22 heavy (non-hydrogen) atoms. The number of urea groups is 1. The summed E-state index contributed by atoms with van der Waals surface area (Å²) in [4.78, 5) is 33.2. The third-order valence-electron chi connectivity index (χ3n) is 3.20. The minimum absolute atomic E-state index is 0.147. The van der Waals surface area contributed by atoms with E-state index < -0.39 is 40.0 Å². The summed E-state index contributed by atoms with van der Waals surface area (Å²) in [6.45, 7) is 0.750. The van der Waals surface area contributed by atoms with Gasteiger partial charge >= 0.3 is 12.0 Å². The normalized spacial score (nSPS) is 21.3. The number of rotatable bonds is 5. The highest BCUT2D eigenvalue weighted by atomic mass is 32.2. The van der Waals surface area contributed by atoms with Gasteiger partial charge in [-0.05, 0) is 24.6 Å². The Balaban J connectivity index is 2.26. The first-order chi connectivity index (χ1) is 10.1. The second-order valence-electron chi connectivity index (χ2n) is 4.78. The number of carboxylic acids is 1. The number of sulfonamides is 1. The molecule has 1 aliphatic heterocycles. The zero-order chi connectivity index (χ0) is 16.5. The summed E-state index contributed by atoms with van der Waals surface area (Å²) in [5.41, 5.74) is -0.888. The molecule has 1 aliphatic rings. The maximum Gasteiger partial charge on any atom is 0.322 e. The van der Waals surface area contributed by atoms with Crippen molar-refractivity contribution in [3.63, 3.8) is 0 Å². The predicted octanol–water partition coefficient (Wildman–Crippen LogP) is -0.896. The molecule has 0 aromatic heterocycles. The van der Waals surface area contributed by atoms with Gasteiger partial charge in [0.05, 0.1) is 4.90 Å². The van der Waals surface area contributed by atoms with Crippen molar-refractivity contribution < 1.29 is 27.9 Å². The molecule has 1 atom stereocenters. The van der Waals surface area contributed by atoms with Crippen molar-refractivity contribution in [2.24, 2.45) is 0 Å². The Morgan fingerprint density at radius 2 is 1.86 bits per heavy atom. The molecule has 3 amide bonds. The molecule has 1 fully saturated rings. The zero-order valence-corrected chi connectivity index (χ0v) is 12.2. The van der Waals surface area contributed by atoms with Gasteiger partial charge in [-0.15, -0.1) is 0 Å². The van der Waals surface area contributed by atoms with Gasteiger partial charge < -0.3 is 10.4 Å². The number of benzene rings is 1. The smallest absolute Gasteiger partial charge is 0.322 e. The standard InChI is InChI=1S/C12H13N3O6S/c1-12(10(18)14-11(19)15-12)7-2-4-8(5-3-7)22(20,21)13-6-9(16)17/h2-5,13H,6H2,1H3,(H,16,17)(H2,14,15,18,19). The van der Waals surface area contributed by atoms with Gasteiger partial charge in [0.2, 0.25) is 10.0 Å². The second kappa shape index (κ2) is 5.39. The van der Waals surface area contributed by atoms with Crippen LogP contribution in [-0.2, 0) is 25.2 Å². The van der Waals surface area contributed by atoms with Crippen molar-refractivity contribution in [3.05, 3.63) is 29.8 Å². The number of carbonyl (C=O) groups excluding carboxylic acids is 2. The quantitative estimate of drug-likeness (QED) is 0.517. The van der Waals surface area contributed by atoms with E-state index in [2.05, 4.69) is 10.6 Å². The number of imide groups is 1. The number of amides is 3. The van der Waals surface area contributed by atoms with E-state index in [9.17, 15) is 22.8 Å². The van der Waals surface area contributed by atoms with Gasteiger partial charge in [-0.3, -0.25) is 14.9 Å². The first-order valence-electron chi connectivity index (χ1n) is 6.11. The Morgan fingerprint density at radius 1 is 1.27 bits per heavy atom. The summed E-state index contributed by atoms with van der Waals surface area (Å²) in [7, 11) is -3.96. The van der Waals surface area contributed by atoms with E-state index in [4.69, 9.17) is 5.11 Å². The van der Waals surface area contributed by atoms with Crippen LogP contribution in [0.5, 0.6) is 0 Å². The monoisotopic (exact) mass is 327 g/mol. The Morgan fingerprint density at radius 3 is 2.32 bits per heavy atom. The van der Waals surface area contributed by atoms with Gasteiger partial charge in [0, 0.05) is 0 Å². The number of nitrogens with one attached hydrogen (secondary N) is 3. The highest BCUT2D eigenvalue weighted by Crippen LogP contribution is 2.25. The molecule has 0 radical (unpaired) electrons. The van der Waals surface area contributed by atoms with E-state index in [1.54, 1.807) is 0 Å². The highest BCUT2D eigenvalue weighted by Gasteiger charge is 2.43. The van der Waals surface area contributed by atoms with E-state index >= 15 is 0 Å². The molecular weight excluding hydrogens is 314 g/mol. The van der Waals surface area contributed by atoms with Crippen LogP contribution in [0.2, 0.25) is 0 Å². The molecule has 1 unspecified atom stereocenters. The summed E-state index contributed by atoms with van der Waals surface area (Å²) in [5.74, 6) is -1.85. The fraction of sp³-hybridized carbons (Fsp3) is 0.250. The Labute approximate surface area is 125 Å². The summed E-state index contributed by atoms with van der Waals surface area (Å²) in [6.07, 6.45) is 0. The highest BCUT2D eigenvalue weighted by molar-refractivity contribution is 7.89. The number of hydrogen-bond acceptors (Lipinski definition) is 5. The van der Waals surface area contributed by atoms with Crippen molar-refractivity contribution in [1.29, 1.82) is 0 Å². The van der Waals surface area contributed by atoms with Crippen LogP contribution in [0.3, 0.4) is 0 Å². The third kappa shape index (κ3) is 2.92. The number of hydrogen-bond donors (Lipinski definition) is 4. The Bertz CT molecular complexity index is 743. The van der Waals surface area contributed by atoms with Gasteiger partial charge in [0.25, 0.3) is 5.91 Å². The van der Waals surface area contributed by atoms with E-state index in [1.165, 1.54) is 31.2 Å². The molecule has 10 heteroatoms. The lowest BCUT2D eigenvalue weighted by Crippen LogP contribution is -2.40. The fourth-order valence-electron chi connectivity index (χ4n) is 1.95. The lowest BCUT2D eigenvalue weighted by molar-refractivity contribution is -0.135. The molecule has 0 saturated carbocycles. The zero-order valence-electron chi connectivity index (χ0n) is 11.4. The van der Waals surface area contributed by atoms with E-state index in [0.717, 1.165) is 0 Å². The molecule has 1 aromatic carbocycles. The first-order valence-corrected chi connectivity index (χ1v) is 7.59. The lowest BCUT2D eigenvalue weighted by Gasteiger charge is -2.21. The summed E-state index contributed by atoms with van der Waals surface area (Å²) in [6, 6.07) is 4.57. The van der Waals surface area contributed by atoms with Gasteiger partial charge in [0.1, 0.15) is 12.1 Å². The molecule has 2 rings (SSSR count). The molecule has 9 nitrogen and oxygen atoms in total. The summed E-state index contributed by atoms with van der Waals surface area (Å²) >= 11 is 0. The van der Waals surface area contributed by atoms with Crippen molar-refractivity contribution in [3.8, 4) is 0 Å². The Hall–Kier alpha value is -2.46. The van der Waals surface area contributed by atoms with Crippen molar-refractivity contribution in [2.45, 2.75) is 17.4 Å². The molecule has 118 valence electrons. The van der Waals surface area contributed by atoms with Crippen LogP contribution >= 0.6 is 0 Å². The predicted molar refractivity (Wildman–Crippen MR) is 73.3 cm³/mol. The van der Waals surface area contributed by atoms with Crippen LogP contribution in [0.4, 0.5) is 4.79 Å². The maximum atomic E-state index is 11.8. The van der Waals surface area contributed by atoms with Crippen LogP contribution in [0.15, 0.2) is 29.2 Å². The van der Waals surface area contributed by atoms with Crippen LogP contribution < -0.4 is 15.4 Å². The van der Waals surface area contributed by atoms with Crippen LogP contribution in [0, 0.1) is 0 Å². The van der Waals surface area contributed by atoms with Gasteiger partial charge in [-0.2, -0.15) is 4.72 Å². The lowest BCUT2D eigenvalue weighted by atomic mass is 9.92. The van der Waals surface area contributed by atoms with Crippen molar-refractivity contribution >= 4 is 27.9 Å². The first kappa shape index (κ1) is 15.9. The van der Waals surface area contributed by atoms with Crippen LogP contribution in [0.1, 0.15) is 12.5 Å². The van der Waals surface area contributed by atoms with E-state index in [-0.39, 0.29) is 4.90 Å². The number of carboxylic acid groups (broad SMARTS) is 1. The fourth-order valence-corrected chi connectivity index (χ4v) is 2.93. The molecule has 1 aromatic rings. The SMILES string of the molecule is CC1(c2ccc(S(=O)(=O)NCC(=O)O)cc2)NC(=O)NC1=O. The number of aliphatic carboxylic acids is 1. The molecule has 1 saturated heterocycles. The molecule has 1 heterocycles. The second-order valence-corrected chi connectivity index (χ2v) is 6.54. The minimum atomic E-state index is -3.96. The molecular formula is C12H13N3O6S. The summed E-state index contributed by atoms with van der Waals surface area (Å²) < 4.78 is 25.6. The topological polar surface area (TPSA) is 142 Å². The van der Waals surface area contributed by atoms with Gasteiger partial charge in [0.15, 0.2) is 0 Å². The largest absolute Gasteiger partial charge is 0.480 e. The Kier molecular flexibility index (Phi) is 3.90. The molecule has 4 N–H and O–H groups in total. The van der Waals surface area contributed by atoms with Crippen LogP contribution in [0.25, 0.3) is 0 Å². The molecule has 0 aliphatic carbocycles. The molecule has 0 spiro atoms. The average molecular weight is 327 g/mol. The van der Waals surface area contributed by atoms with Crippen LogP contribution in [-0.4, -0.2) is 38.0 Å². The third-order valence-corrected chi connectivity index (χ3v) is 4.62. The van der Waals surface area contributed by atoms with Crippen molar-refractivity contribution in [2.75, 3.05) is 6.54 Å². The van der Waals surface area contributed by atoms with Gasteiger partial charge in [-0.1, -0.05) is 12.1 Å². The summed E-state index contributed by atoms with van der Waals surface area (Å²) in [5, 5.41) is 13.0. The van der Waals surface area contributed by atoms with E-state index in [0.29, 0.717) is 5.56 Å². The molecule has 0 bridgehead atoms. The number of carbonyl (C=O) groups is 3. The maximum absolute atomic E-state index is 11.8. The van der Waals surface area contributed by atoms with Gasteiger partial charge in [-0.25, -0.2) is 13.2 Å². The average Bonchev–Trinajstić information content (AvgIpc) is 2.71. The van der Waals surface area contributed by atoms with Crippen molar-refractivity contribution in [1.82, 2.24) is 15.4 Å². The minimum Gasteiger partial charge on any atom is -0.480 e. The van der Waals surface area contributed by atoms with E-state index in [1.807, 2.05) is 4.72 Å².